The maximum atomic E-state index is 12.3. The summed E-state index contributed by atoms with van der Waals surface area (Å²) in [5.74, 6) is 1.17. The van der Waals surface area contributed by atoms with E-state index in [1.165, 1.54) is 6.42 Å². The molecule has 1 aromatic heterocycles. The van der Waals surface area contributed by atoms with E-state index in [9.17, 15) is 4.79 Å². The quantitative estimate of drug-likeness (QED) is 0.938. The Balaban J connectivity index is 1.48. The molecular weight excluding hydrogens is 300 g/mol. The number of carbonyl (C=O) groups is 1. The summed E-state index contributed by atoms with van der Waals surface area (Å²) in [7, 11) is 0. The molecule has 0 saturated carbocycles. The van der Waals surface area contributed by atoms with Gasteiger partial charge in [0.05, 0.1) is 11.9 Å². The van der Waals surface area contributed by atoms with Gasteiger partial charge in [-0.05, 0) is 42.4 Å². The van der Waals surface area contributed by atoms with E-state index in [2.05, 4.69) is 24.3 Å². The third-order valence-corrected chi connectivity index (χ3v) is 4.50. The fraction of sp³-hybridized carbons (Fsp3) is 0.474. The van der Waals surface area contributed by atoms with Crippen molar-refractivity contribution in [3.63, 3.8) is 0 Å². The molecule has 2 aromatic rings. The van der Waals surface area contributed by atoms with Gasteiger partial charge in [-0.15, -0.1) is 0 Å². The largest absolute Gasteiger partial charge is 0.338 e. The number of nitrogens with one attached hydrogen (secondary N) is 1. The molecular formula is C19H26N4O. The molecule has 0 aliphatic carbocycles. The molecule has 1 aliphatic heterocycles. The average molecular weight is 326 g/mol. The Labute approximate surface area is 143 Å². The first-order chi connectivity index (χ1) is 11.6. The van der Waals surface area contributed by atoms with Gasteiger partial charge in [-0.1, -0.05) is 32.0 Å². The number of piperidine rings is 1. The second-order valence-electron chi connectivity index (χ2n) is 6.96. The van der Waals surface area contributed by atoms with E-state index in [-0.39, 0.29) is 6.03 Å². The van der Waals surface area contributed by atoms with Crippen molar-refractivity contribution in [2.75, 3.05) is 19.6 Å². The molecule has 128 valence electrons. The van der Waals surface area contributed by atoms with Crippen molar-refractivity contribution in [3.05, 3.63) is 48.3 Å². The third-order valence-electron chi connectivity index (χ3n) is 4.50. The number of aromatic nitrogens is 2. The van der Waals surface area contributed by atoms with Gasteiger partial charge in [0.15, 0.2) is 0 Å². The minimum Gasteiger partial charge on any atom is -0.338 e. The SMILES string of the molecule is CC1CC(C)CN(C(=O)NCCc2cnn(-c3ccccc3)c2)C1. The minimum atomic E-state index is 0.0591. The van der Waals surface area contributed by atoms with Crippen LogP contribution in [0.3, 0.4) is 0 Å². The Kier molecular flexibility index (Phi) is 5.18. The number of rotatable bonds is 4. The van der Waals surface area contributed by atoms with Crippen molar-refractivity contribution in [1.82, 2.24) is 20.0 Å². The molecule has 0 radical (unpaired) electrons. The van der Waals surface area contributed by atoms with Gasteiger partial charge in [-0.25, -0.2) is 9.48 Å². The van der Waals surface area contributed by atoms with Crippen LogP contribution in [-0.2, 0) is 6.42 Å². The molecule has 0 bridgehead atoms. The number of likely N-dealkylation sites (tertiary alicyclic amines) is 1. The lowest BCUT2D eigenvalue weighted by molar-refractivity contribution is 0.146. The Bertz CT molecular complexity index is 657. The van der Waals surface area contributed by atoms with Gasteiger partial charge in [-0.3, -0.25) is 0 Å². The Morgan fingerprint density at radius 2 is 1.92 bits per heavy atom. The molecule has 0 spiro atoms. The van der Waals surface area contributed by atoms with Crippen LogP contribution in [0.4, 0.5) is 4.79 Å². The smallest absolute Gasteiger partial charge is 0.317 e. The predicted octanol–water partition coefficient (Wildman–Crippen LogP) is 3.10. The first-order valence-electron chi connectivity index (χ1n) is 8.73. The second kappa shape index (κ2) is 7.51. The van der Waals surface area contributed by atoms with E-state index in [0.717, 1.165) is 30.8 Å². The van der Waals surface area contributed by atoms with Crippen LogP contribution in [0.15, 0.2) is 42.7 Å². The summed E-state index contributed by atoms with van der Waals surface area (Å²) < 4.78 is 1.87. The van der Waals surface area contributed by atoms with Gasteiger partial charge in [0.25, 0.3) is 0 Å². The molecule has 1 fully saturated rings. The van der Waals surface area contributed by atoms with Crippen LogP contribution >= 0.6 is 0 Å². The van der Waals surface area contributed by atoms with Gasteiger partial charge in [0.1, 0.15) is 0 Å². The topological polar surface area (TPSA) is 50.2 Å². The maximum absolute atomic E-state index is 12.3. The normalized spacial score (nSPS) is 20.8. The monoisotopic (exact) mass is 326 g/mol. The summed E-state index contributed by atoms with van der Waals surface area (Å²) in [5.41, 5.74) is 2.17. The van der Waals surface area contributed by atoms with Crippen molar-refractivity contribution < 1.29 is 4.79 Å². The number of urea groups is 1. The molecule has 5 nitrogen and oxygen atoms in total. The number of hydrogen-bond acceptors (Lipinski definition) is 2. The van der Waals surface area contributed by atoms with Gasteiger partial charge in [0.2, 0.25) is 0 Å². The molecule has 2 heterocycles. The number of amides is 2. The highest BCUT2D eigenvalue weighted by Gasteiger charge is 2.24. The predicted molar refractivity (Wildman–Crippen MR) is 95.2 cm³/mol. The number of carbonyl (C=O) groups excluding carboxylic acids is 1. The zero-order valence-corrected chi connectivity index (χ0v) is 14.5. The lowest BCUT2D eigenvalue weighted by Crippen LogP contribution is -2.47. The number of para-hydroxylation sites is 1. The minimum absolute atomic E-state index is 0.0591. The number of hydrogen-bond donors (Lipinski definition) is 1. The Morgan fingerprint density at radius 3 is 2.62 bits per heavy atom. The zero-order chi connectivity index (χ0) is 16.9. The van der Waals surface area contributed by atoms with Crippen LogP contribution in [0.5, 0.6) is 0 Å². The van der Waals surface area contributed by atoms with E-state index in [4.69, 9.17) is 0 Å². The van der Waals surface area contributed by atoms with E-state index < -0.39 is 0 Å². The molecule has 24 heavy (non-hydrogen) atoms. The number of benzene rings is 1. The van der Waals surface area contributed by atoms with Crippen LogP contribution < -0.4 is 5.32 Å². The molecule has 1 N–H and O–H groups in total. The molecule has 1 aliphatic rings. The Morgan fingerprint density at radius 1 is 1.21 bits per heavy atom. The first kappa shape index (κ1) is 16.6. The molecule has 2 unspecified atom stereocenters. The summed E-state index contributed by atoms with van der Waals surface area (Å²) in [4.78, 5) is 14.3. The fourth-order valence-corrected chi connectivity index (χ4v) is 3.47. The fourth-order valence-electron chi connectivity index (χ4n) is 3.47. The highest BCUT2D eigenvalue weighted by atomic mass is 16.2. The lowest BCUT2D eigenvalue weighted by Gasteiger charge is -2.34. The molecule has 5 heteroatoms. The van der Waals surface area contributed by atoms with E-state index in [1.54, 1.807) is 0 Å². The summed E-state index contributed by atoms with van der Waals surface area (Å²) in [6, 6.07) is 10.1. The summed E-state index contributed by atoms with van der Waals surface area (Å²) >= 11 is 0. The molecule has 1 aromatic carbocycles. The Hall–Kier alpha value is -2.30. The zero-order valence-electron chi connectivity index (χ0n) is 14.5. The van der Waals surface area contributed by atoms with Crippen LogP contribution in [0.25, 0.3) is 5.69 Å². The van der Waals surface area contributed by atoms with Crippen molar-refractivity contribution >= 4 is 6.03 Å². The van der Waals surface area contributed by atoms with E-state index >= 15 is 0 Å². The van der Waals surface area contributed by atoms with E-state index in [0.29, 0.717) is 18.4 Å². The first-order valence-corrected chi connectivity index (χ1v) is 8.73. The van der Waals surface area contributed by atoms with Gasteiger partial charge in [-0.2, -0.15) is 5.10 Å². The van der Waals surface area contributed by atoms with Gasteiger partial charge >= 0.3 is 6.03 Å². The highest BCUT2D eigenvalue weighted by molar-refractivity contribution is 5.74. The molecule has 3 rings (SSSR count). The van der Waals surface area contributed by atoms with Crippen LogP contribution in [0, 0.1) is 11.8 Å². The van der Waals surface area contributed by atoms with Gasteiger partial charge < -0.3 is 10.2 Å². The average Bonchev–Trinajstić information content (AvgIpc) is 3.03. The maximum Gasteiger partial charge on any atom is 0.317 e. The highest BCUT2D eigenvalue weighted by Crippen LogP contribution is 2.20. The summed E-state index contributed by atoms with van der Waals surface area (Å²) in [5, 5.41) is 7.43. The standard InChI is InChI=1S/C19H26N4O/c1-15-10-16(2)13-22(12-15)19(24)20-9-8-17-11-21-23(14-17)18-6-4-3-5-7-18/h3-7,11,14-16H,8-10,12-13H2,1-2H3,(H,20,24). The summed E-state index contributed by atoms with van der Waals surface area (Å²) in [6.07, 6.45) is 5.89. The van der Waals surface area contributed by atoms with Gasteiger partial charge in [0, 0.05) is 25.8 Å². The molecule has 2 amide bonds. The third kappa shape index (κ3) is 4.16. The van der Waals surface area contributed by atoms with Crippen LogP contribution in [0.2, 0.25) is 0 Å². The number of nitrogens with zero attached hydrogens (tertiary/aromatic N) is 3. The molecule has 2 atom stereocenters. The lowest BCUT2D eigenvalue weighted by atomic mass is 9.92. The van der Waals surface area contributed by atoms with Crippen LogP contribution in [0.1, 0.15) is 25.8 Å². The van der Waals surface area contributed by atoms with Crippen molar-refractivity contribution in [3.8, 4) is 5.69 Å². The van der Waals surface area contributed by atoms with Crippen molar-refractivity contribution in [2.45, 2.75) is 26.7 Å². The van der Waals surface area contributed by atoms with Crippen molar-refractivity contribution in [2.24, 2.45) is 11.8 Å². The second-order valence-corrected chi connectivity index (χ2v) is 6.96. The van der Waals surface area contributed by atoms with Crippen molar-refractivity contribution in [1.29, 1.82) is 0 Å². The molecule has 1 saturated heterocycles. The van der Waals surface area contributed by atoms with E-state index in [1.807, 2.05) is 52.3 Å². The summed E-state index contributed by atoms with van der Waals surface area (Å²) in [6.45, 7) is 6.80. The van der Waals surface area contributed by atoms with Crippen LogP contribution in [-0.4, -0.2) is 40.3 Å².